The lowest BCUT2D eigenvalue weighted by Gasteiger charge is -2.14. The first-order valence-corrected chi connectivity index (χ1v) is 5.12. The summed E-state index contributed by atoms with van der Waals surface area (Å²) in [6.45, 7) is 5.76. The van der Waals surface area contributed by atoms with Gasteiger partial charge in [0.2, 0.25) is 0 Å². The maximum atomic E-state index is 6.03. The van der Waals surface area contributed by atoms with Crippen LogP contribution in [0.5, 0.6) is 0 Å². The van der Waals surface area contributed by atoms with Gasteiger partial charge in [-0.05, 0) is 25.0 Å². The summed E-state index contributed by atoms with van der Waals surface area (Å²) < 4.78 is 0. The Hall–Kier alpha value is -0.500. The molecule has 76 valence electrons. The Bertz CT molecular complexity index is 347. The van der Waals surface area contributed by atoms with Crippen molar-refractivity contribution < 1.29 is 0 Å². The molecule has 0 heterocycles. The summed E-state index contributed by atoms with van der Waals surface area (Å²) in [5.41, 5.74) is 7.87. The van der Waals surface area contributed by atoms with Gasteiger partial charge in [0.25, 0.3) is 0 Å². The van der Waals surface area contributed by atoms with Crippen LogP contribution in [-0.2, 0) is 0 Å². The van der Waals surface area contributed by atoms with Crippen molar-refractivity contribution in [3.8, 4) is 0 Å². The van der Waals surface area contributed by atoms with Crippen molar-refractivity contribution in [2.75, 3.05) is 0 Å². The Balaban J connectivity index is 2.95. The lowest BCUT2D eigenvalue weighted by Crippen LogP contribution is -2.11. The van der Waals surface area contributed by atoms with E-state index in [0.29, 0.717) is 10.0 Å². The zero-order valence-corrected chi connectivity index (χ0v) is 9.57. The molecule has 0 amide bonds. The second-order valence-corrected chi connectivity index (χ2v) is 4.20. The number of rotatable bonds is 3. The Morgan fingerprint density at radius 3 is 2.71 bits per heavy atom. The summed E-state index contributed by atoms with van der Waals surface area (Å²) >= 11 is 11.9. The molecule has 0 spiro atoms. The molecule has 0 aliphatic heterocycles. The molecular weight excluding hydrogens is 217 g/mol. The maximum Gasteiger partial charge on any atom is 0.0640 e. The topological polar surface area (TPSA) is 26.0 Å². The van der Waals surface area contributed by atoms with Crippen molar-refractivity contribution in [1.29, 1.82) is 0 Å². The summed E-state index contributed by atoms with van der Waals surface area (Å²) in [6.07, 6.45) is 0.722. The molecule has 1 nitrogen and oxygen atoms in total. The van der Waals surface area contributed by atoms with Crippen molar-refractivity contribution in [1.82, 2.24) is 0 Å². The number of nitrogens with two attached hydrogens (primary N) is 1. The van der Waals surface area contributed by atoms with Crippen LogP contribution < -0.4 is 5.73 Å². The van der Waals surface area contributed by atoms with Crippen LogP contribution in [0.25, 0.3) is 0 Å². The van der Waals surface area contributed by atoms with Crippen LogP contribution >= 0.6 is 23.2 Å². The second kappa shape index (κ2) is 4.83. The molecule has 2 N–H and O–H groups in total. The van der Waals surface area contributed by atoms with E-state index in [1.165, 1.54) is 0 Å². The largest absolute Gasteiger partial charge is 0.324 e. The van der Waals surface area contributed by atoms with Gasteiger partial charge in [0.05, 0.1) is 10.0 Å². The quantitative estimate of drug-likeness (QED) is 0.781. The molecule has 0 saturated carbocycles. The Labute approximate surface area is 94.5 Å². The van der Waals surface area contributed by atoms with E-state index in [2.05, 4.69) is 6.58 Å². The molecule has 0 aliphatic rings. The third kappa shape index (κ3) is 2.74. The molecule has 14 heavy (non-hydrogen) atoms. The van der Waals surface area contributed by atoms with E-state index in [1.807, 2.05) is 19.1 Å². The molecule has 1 aromatic rings. The highest BCUT2D eigenvalue weighted by Crippen LogP contribution is 2.30. The highest BCUT2D eigenvalue weighted by atomic mass is 35.5. The molecule has 0 aliphatic carbocycles. The van der Waals surface area contributed by atoms with E-state index >= 15 is 0 Å². The average molecular weight is 230 g/mol. The predicted octanol–water partition coefficient (Wildman–Crippen LogP) is 3.96. The highest BCUT2D eigenvalue weighted by molar-refractivity contribution is 6.42. The first-order valence-electron chi connectivity index (χ1n) is 4.36. The number of halogens is 2. The molecule has 0 aromatic heterocycles. The number of benzene rings is 1. The first-order chi connectivity index (χ1) is 6.52. The van der Waals surface area contributed by atoms with Crippen LogP contribution in [0, 0.1) is 0 Å². The summed E-state index contributed by atoms with van der Waals surface area (Å²) in [5, 5.41) is 1.09. The van der Waals surface area contributed by atoms with Gasteiger partial charge in [-0.1, -0.05) is 40.9 Å². The predicted molar refractivity (Wildman–Crippen MR) is 62.8 cm³/mol. The van der Waals surface area contributed by atoms with Gasteiger partial charge in [-0.25, -0.2) is 0 Å². The van der Waals surface area contributed by atoms with Crippen molar-refractivity contribution in [2.45, 2.75) is 19.4 Å². The second-order valence-electron chi connectivity index (χ2n) is 3.41. The first kappa shape index (κ1) is 11.6. The molecule has 0 saturated heterocycles. The highest BCUT2D eigenvalue weighted by Gasteiger charge is 2.11. The van der Waals surface area contributed by atoms with E-state index in [-0.39, 0.29) is 6.04 Å². The zero-order valence-electron chi connectivity index (χ0n) is 8.06. The molecule has 0 radical (unpaired) electrons. The fraction of sp³-hybridized carbons (Fsp3) is 0.273. The van der Waals surface area contributed by atoms with Gasteiger partial charge in [0.15, 0.2) is 0 Å². The lowest BCUT2D eigenvalue weighted by atomic mass is 10.0. The van der Waals surface area contributed by atoms with Gasteiger partial charge < -0.3 is 5.73 Å². The average Bonchev–Trinajstić information content (AvgIpc) is 2.08. The van der Waals surface area contributed by atoms with E-state index in [9.17, 15) is 0 Å². The molecule has 1 aromatic carbocycles. The van der Waals surface area contributed by atoms with E-state index in [4.69, 9.17) is 28.9 Å². The minimum atomic E-state index is -0.126. The van der Waals surface area contributed by atoms with Crippen LogP contribution in [0.15, 0.2) is 30.4 Å². The fourth-order valence-electron chi connectivity index (χ4n) is 1.29. The van der Waals surface area contributed by atoms with Crippen LogP contribution in [0.4, 0.5) is 0 Å². The molecule has 0 bridgehead atoms. The van der Waals surface area contributed by atoms with Crippen LogP contribution in [-0.4, -0.2) is 0 Å². The third-order valence-corrected chi connectivity index (χ3v) is 2.78. The summed E-state index contributed by atoms with van der Waals surface area (Å²) in [7, 11) is 0. The van der Waals surface area contributed by atoms with Crippen molar-refractivity contribution in [3.05, 3.63) is 46.0 Å². The summed E-state index contributed by atoms with van der Waals surface area (Å²) in [6, 6.07) is 5.36. The van der Waals surface area contributed by atoms with Crippen LogP contribution in [0.1, 0.15) is 24.9 Å². The molecule has 0 fully saturated rings. The molecule has 1 atom stereocenters. The molecule has 3 heteroatoms. The summed E-state index contributed by atoms with van der Waals surface area (Å²) in [5.74, 6) is 0. The Kier molecular flexibility index (Phi) is 3.99. The van der Waals surface area contributed by atoms with Gasteiger partial charge in [-0.2, -0.15) is 0 Å². The van der Waals surface area contributed by atoms with Crippen LogP contribution in [0.3, 0.4) is 0 Å². The van der Waals surface area contributed by atoms with Gasteiger partial charge in [-0.3, -0.25) is 0 Å². The minimum absolute atomic E-state index is 0.126. The standard InChI is InChI=1S/C11H13Cl2N/c1-7(2)6-10(14)8-4-3-5-9(12)11(8)13/h3-5,10H,1,6,14H2,2H3/t10-/m1/s1. The zero-order chi connectivity index (χ0) is 10.7. The molecule has 1 rings (SSSR count). The van der Waals surface area contributed by atoms with Gasteiger partial charge >= 0.3 is 0 Å². The van der Waals surface area contributed by atoms with Gasteiger partial charge in [-0.15, -0.1) is 6.58 Å². The van der Waals surface area contributed by atoms with Gasteiger partial charge in [0, 0.05) is 6.04 Å². The van der Waals surface area contributed by atoms with Crippen molar-refractivity contribution in [3.63, 3.8) is 0 Å². The molecular formula is C11H13Cl2N. The fourth-order valence-corrected chi connectivity index (χ4v) is 1.74. The normalized spacial score (nSPS) is 12.6. The number of hydrogen-bond donors (Lipinski definition) is 1. The minimum Gasteiger partial charge on any atom is -0.324 e. The Morgan fingerprint density at radius 2 is 2.14 bits per heavy atom. The Morgan fingerprint density at radius 1 is 1.50 bits per heavy atom. The lowest BCUT2D eigenvalue weighted by molar-refractivity contribution is 0.717. The third-order valence-electron chi connectivity index (χ3n) is 1.95. The summed E-state index contributed by atoms with van der Waals surface area (Å²) in [4.78, 5) is 0. The van der Waals surface area contributed by atoms with E-state index in [0.717, 1.165) is 17.6 Å². The number of hydrogen-bond acceptors (Lipinski definition) is 1. The molecule has 0 unspecified atom stereocenters. The SMILES string of the molecule is C=C(C)C[C@@H](N)c1cccc(Cl)c1Cl. The smallest absolute Gasteiger partial charge is 0.0640 e. The van der Waals surface area contributed by atoms with E-state index < -0.39 is 0 Å². The van der Waals surface area contributed by atoms with E-state index in [1.54, 1.807) is 6.07 Å². The van der Waals surface area contributed by atoms with Crippen molar-refractivity contribution >= 4 is 23.2 Å². The monoisotopic (exact) mass is 229 g/mol. The van der Waals surface area contributed by atoms with Gasteiger partial charge in [0.1, 0.15) is 0 Å². The maximum absolute atomic E-state index is 6.03. The van der Waals surface area contributed by atoms with Crippen molar-refractivity contribution in [2.24, 2.45) is 5.73 Å². The van der Waals surface area contributed by atoms with Crippen LogP contribution in [0.2, 0.25) is 10.0 Å².